The number of aromatic amines is 1. The Morgan fingerprint density at radius 3 is 3.00 bits per heavy atom. The summed E-state index contributed by atoms with van der Waals surface area (Å²) < 4.78 is 0. The summed E-state index contributed by atoms with van der Waals surface area (Å²) in [5.41, 5.74) is 1.76. The molecule has 0 radical (unpaired) electrons. The maximum atomic E-state index is 12.3. The van der Waals surface area contributed by atoms with Crippen molar-refractivity contribution in [3.05, 3.63) is 50.7 Å². The second kappa shape index (κ2) is 5.77. The van der Waals surface area contributed by atoms with Crippen LogP contribution in [0.4, 0.5) is 5.95 Å². The second-order valence-electron chi connectivity index (χ2n) is 6.02. The highest BCUT2D eigenvalue weighted by Crippen LogP contribution is 2.30. The van der Waals surface area contributed by atoms with Gasteiger partial charge in [-0.15, -0.1) is 11.3 Å². The number of anilines is 1. The number of hydrogen-bond donors (Lipinski definition) is 1. The number of nitrogens with zero attached hydrogens (tertiary/aromatic N) is 3. The van der Waals surface area contributed by atoms with Crippen molar-refractivity contribution in [3.63, 3.8) is 0 Å². The van der Waals surface area contributed by atoms with E-state index in [0.29, 0.717) is 17.3 Å². The fraction of sp³-hybridized carbons (Fsp3) is 0.353. The Morgan fingerprint density at radius 2 is 2.17 bits per heavy atom. The van der Waals surface area contributed by atoms with E-state index in [4.69, 9.17) is 0 Å². The molecule has 1 unspecified atom stereocenters. The van der Waals surface area contributed by atoms with Gasteiger partial charge in [-0.3, -0.25) is 9.78 Å². The van der Waals surface area contributed by atoms with E-state index in [-0.39, 0.29) is 5.56 Å². The van der Waals surface area contributed by atoms with Gasteiger partial charge in [0, 0.05) is 30.1 Å². The predicted molar refractivity (Wildman–Crippen MR) is 93.4 cm³/mol. The second-order valence-corrected chi connectivity index (χ2v) is 6.91. The zero-order chi connectivity index (χ0) is 15.8. The lowest BCUT2D eigenvalue weighted by Gasteiger charge is -2.32. The summed E-state index contributed by atoms with van der Waals surface area (Å²) in [6.07, 6.45) is 2.22. The number of hydrogen-bond acceptors (Lipinski definition) is 5. The van der Waals surface area contributed by atoms with Crippen LogP contribution in [0.15, 0.2) is 34.4 Å². The average Bonchev–Trinajstić information content (AvgIpc) is 3.01. The summed E-state index contributed by atoms with van der Waals surface area (Å²) in [6, 6.07) is 7.47. The molecular weight excluding hydrogens is 308 g/mol. The van der Waals surface area contributed by atoms with Gasteiger partial charge in [0.05, 0.1) is 15.9 Å². The molecule has 0 aliphatic carbocycles. The lowest BCUT2D eigenvalue weighted by molar-refractivity contribution is 0.501. The zero-order valence-corrected chi connectivity index (χ0v) is 13.8. The first-order chi connectivity index (χ1) is 11.2. The van der Waals surface area contributed by atoms with Gasteiger partial charge >= 0.3 is 0 Å². The number of thiazole rings is 1. The molecule has 0 amide bonds. The molecule has 23 heavy (non-hydrogen) atoms. The minimum absolute atomic E-state index is 0.0715. The van der Waals surface area contributed by atoms with E-state index in [2.05, 4.69) is 25.2 Å². The summed E-state index contributed by atoms with van der Waals surface area (Å²) in [7, 11) is 0. The smallest absolute Gasteiger partial charge is 0.260 e. The van der Waals surface area contributed by atoms with Crippen LogP contribution in [0.3, 0.4) is 0 Å². The van der Waals surface area contributed by atoms with Gasteiger partial charge in [0.25, 0.3) is 5.56 Å². The monoisotopic (exact) mass is 326 g/mol. The number of piperidine rings is 1. The average molecular weight is 326 g/mol. The highest BCUT2D eigenvalue weighted by atomic mass is 32.1. The van der Waals surface area contributed by atoms with Crippen LogP contribution in [0.1, 0.15) is 29.5 Å². The van der Waals surface area contributed by atoms with Gasteiger partial charge in [0.2, 0.25) is 5.95 Å². The lowest BCUT2D eigenvalue weighted by atomic mass is 9.99. The molecular formula is C17H18N4OS. The molecule has 4 rings (SSSR count). The number of fused-ring (bicyclic) bond motifs is 1. The number of para-hydroxylation sites is 1. The normalized spacial score (nSPS) is 18.5. The molecule has 1 fully saturated rings. The molecule has 118 valence electrons. The van der Waals surface area contributed by atoms with E-state index in [1.165, 1.54) is 5.01 Å². The third-order valence-corrected chi connectivity index (χ3v) is 5.43. The number of aryl methyl sites for hydroxylation is 1. The highest BCUT2D eigenvalue weighted by molar-refractivity contribution is 7.09. The minimum atomic E-state index is -0.0715. The Balaban J connectivity index is 1.66. The maximum absolute atomic E-state index is 12.3. The van der Waals surface area contributed by atoms with Crippen molar-refractivity contribution in [1.82, 2.24) is 15.0 Å². The Kier molecular flexibility index (Phi) is 3.61. The first kappa shape index (κ1) is 14.4. The van der Waals surface area contributed by atoms with E-state index in [1.54, 1.807) is 11.3 Å². The van der Waals surface area contributed by atoms with Crippen LogP contribution in [-0.2, 0) is 0 Å². The summed E-state index contributed by atoms with van der Waals surface area (Å²) >= 11 is 1.73. The third kappa shape index (κ3) is 2.74. The molecule has 5 nitrogen and oxygen atoms in total. The molecule has 0 bridgehead atoms. The minimum Gasteiger partial charge on any atom is -0.342 e. The highest BCUT2D eigenvalue weighted by Gasteiger charge is 2.25. The van der Waals surface area contributed by atoms with Gasteiger partial charge in [-0.2, -0.15) is 0 Å². The molecule has 3 aromatic rings. The lowest BCUT2D eigenvalue weighted by Crippen LogP contribution is -2.36. The maximum Gasteiger partial charge on any atom is 0.260 e. The molecule has 3 heterocycles. The zero-order valence-electron chi connectivity index (χ0n) is 13.0. The number of H-pyrrole nitrogens is 1. The molecule has 1 aromatic carbocycles. The quantitative estimate of drug-likeness (QED) is 0.786. The summed E-state index contributed by atoms with van der Waals surface area (Å²) in [4.78, 5) is 26.7. The van der Waals surface area contributed by atoms with Gasteiger partial charge < -0.3 is 4.90 Å². The van der Waals surface area contributed by atoms with Crippen molar-refractivity contribution in [2.45, 2.75) is 25.7 Å². The molecule has 0 saturated carbocycles. The summed E-state index contributed by atoms with van der Waals surface area (Å²) in [6.45, 7) is 3.80. The molecule has 1 N–H and O–H groups in total. The van der Waals surface area contributed by atoms with Gasteiger partial charge in [0.15, 0.2) is 0 Å². The van der Waals surface area contributed by atoms with E-state index >= 15 is 0 Å². The van der Waals surface area contributed by atoms with Crippen LogP contribution in [0.2, 0.25) is 0 Å². The molecule has 6 heteroatoms. The number of benzene rings is 1. The summed E-state index contributed by atoms with van der Waals surface area (Å²) in [5.74, 6) is 1.09. The van der Waals surface area contributed by atoms with Crippen LogP contribution in [-0.4, -0.2) is 28.0 Å². The standard InChI is InChI=1S/C17H18N4OS/c1-11-10-23-16(18-11)12-5-4-8-21(9-12)17-19-14-7-3-2-6-13(14)15(22)20-17/h2-3,6-7,10,12H,4-5,8-9H2,1H3,(H,19,20,22). The van der Waals surface area contributed by atoms with Crippen molar-refractivity contribution in [2.75, 3.05) is 18.0 Å². The number of aromatic nitrogens is 3. The van der Waals surface area contributed by atoms with Gasteiger partial charge in [-0.1, -0.05) is 12.1 Å². The van der Waals surface area contributed by atoms with Crippen molar-refractivity contribution in [1.29, 1.82) is 0 Å². The van der Waals surface area contributed by atoms with E-state index in [1.807, 2.05) is 31.2 Å². The molecule has 2 aromatic heterocycles. The van der Waals surface area contributed by atoms with Gasteiger partial charge in [0.1, 0.15) is 0 Å². The molecule has 1 aliphatic rings. The SMILES string of the molecule is Cc1csc(C2CCCN(c3nc4ccccc4c(=O)[nH]3)C2)n1. The van der Waals surface area contributed by atoms with Crippen LogP contribution in [0, 0.1) is 6.92 Å². The van der Waals surface area contributed by atoms with Crippen LogP contribution >= 0.6 is 11.3 Å². The van der Waals surface area contributed by atoms with Crippen LogP contribution in [0.25, 0.3) is 10.9 Å². The Bertz CT molecular complexity index is 901. The van der Waals surface area contributed by atoms with Gasteiger partial charge in [-0.05, 0) is 31.9 Å². The molecule has 1 saturated heterocycles. The van der Waals surface area contributed by atoms with Crippen LogP contribution < -0.4 is 10.5 Å². The van der Waals surface area contributed by atoms with E-state index in [9.17, 15) is 4.79 Å². The van der Waals surface area contributed by atoms with E-state index < -0.39 is 0 Å². The molecule has 1 aliphatic heterocycles. The van der Waals surface area contributed by atoms with Crippen LogP contribution in [0.5, 0.6) is 0 Å². The topological polar surface area (TPSA) is 61.9 Å². The predicted octanol–water partition coefficient (Wildman–Crippen LogP) is 3.07. The van der Waals surface area contributed by atoms with Crippen molar-refractivity contribution >= 4 is 28.2 Å². The first-order valence-electron chi connectivity index (χ1n) is 7.87. The number of nitrogens with one attached hydrogen (secondary N) is 1. The number of rotatable bonds is 2. The molecule has 1 atom stereocenters. The third-order valence-electron chi connectivity index (χ3n) is 4.31. The van der Waals surface area contributed by atoms with Crippen molar-refractivity contribution in [3.8, 4) is 0 Å². The Morgan fingerprint density at radius 1 is 1.30 bits per heavy atom. The first-order valence-corrected chi connectivity index (χ1v) is 8.75. The largest absolute Gasteiger partial charge is 0.342 e. The van der Waals surface area contributed by atoms with Crippen molar-refractivity contribution < 1.29 is 0 Å². The fourth-order valence-electron chi connectivity index (χ4n) is 3.15. The Labute approximate surface area is 138 Å². The summed E-state index contributed by atoms with van der Waals surface area (Å²) in [5, 5.41) is 3.93. The van der Waals surface area contributed by atoms with Gasteiger partial charge in [-0.25, -0.2) is 9.97 Å². The molecule has 0 spiro atoms. The van der Waals surface area contributed by atoms with E-state index in [0.717, 1.165) is 37.1 Å². The van der Waals surface area contributed by atoms with Crippen molar-refractivity contribution in [2.24, 2.45) is 0 Å². The Hall–Kier alpha value is -2.21. The fourth-order valence-corrected chi connectivity index (χ4v) is 4.08.